The van der Waals surface area contributed by atoms with Gasteiger partial charge in [-0.05, 0) is 24.3 Å². The van der Waals surface area contributed by atoms with Gasteiger partial charge in [0, 0.05) is 11.4 Å². The van der Waals surface area contributed by atoms with Gasteiger partial charge in [0.15, 0.2) is 0 Å². The van der Waals surface area contributed by atoms with Gasteiger partial charge in [0.25, 0.3) is 0 Å². The summed E-state index contributed by atoms with van der Waals surface area (Å²) in [6.07, 6.45) is 0. The zero-order chi connectivity index (χ0) is 12.5. The highest BCUT2D eigenvalue weighted by Gasteiger charge is 1.86. The van der Waals surface area contributed by atoms with E-state index in [0.29, 0.717) is 13.1 Å². The predicted octanol–water partition coefficient (Wildman–Crippen LogP) is 3.21. The van der Waals surface area contributed by atoms with Crippen molar-refractivity contribution in [1.82, 2.24) is 0 Å². The van der Waals surface area contributed by atoms with Crippen LogP contribution in [0, 0.1) is 11.8 Å². The number of para-hydroxylation sites is 2. The van der Waals surface area contributed by atoms with Crippen LogP contribution in [-0.2, 0) is 0 Å². The molecule has 2 nitrogen and oxygen atoms in total. The van der Waals surface area contributed by atoms with Gasteiger partial charge < -0.3 is 10.6 Å². The maximum Gasteiger partial charge on any atom is 0.0766 e. The van der Waals surface area contributed by atoms with Crippen molar-refractivity contribution in [2.45, 2.75) is 0 Å². The van der Waals surface area contributed by atoms with Gasteiger partial charge in [-0.3, -0.25) is 0 Å². The molecule has 0 unspecified atom stereocenters. The molecular formula is C16H16N2. The Kier molecular flexibility index (Phi) is 4.71. The second-order valence-electron chi connectivity index (χ2n) is 3.79. The molecule has 0 fully saturated rings. The van der Waals surface area contributed by atoms with E-state index in [0.717, 1.165) is 11.4 Å². The number of anilines is 2. The van der Waals surface area contributed by atoms with Gasteiger partial charge in [0.1, 0.15) is 0 Å². The van der Waals surface area contributed by atoms with E-state index >= 15 is 0 Å². The summed E-state index contributed by atoms with van der Waals surface area (Å²) in [6, 6.07) is 20.2. The van der Waals surface area contributed by atoms with E-state index < -0.39 is 0 Å². The molecule has 2 N–H and O–H groups in total. The van der Waals surface area contributed by atoms with Crippen molar-refractivity contribution in [3.05, 3.63) is 60.7 Å². The molecule has 0 spiro atoms. The molecule has 0 aliphatic carbocycles. The lowest BCUT2D eigenvalue weighted by Crippen LogP contribution is -2.01. The average molecular weight is 236 g/mol. The molecule has 0 heterocycles. The van der Waals surface area contributed by atoms with Crippen molar-refractivity contribution >= 4 is 11.4 Å². The highest BCUT2D eigenvalue weighted by atomic mass is 14.9. The number of nitrogens with one attached hydrogen (secondary N) is 2. The molecule has 0 aliphatic heterocycles. The summed E-state index contributed by atoms with van der Waals surface area (Å²) in [5, 5.41) is 6.48. The van der Waals surface area contributed by atoms with Crippen LogP contribution < -0.4 is 10.6 Å². The van der Waals surface area contributed by atoms with E-state index in [1.807, 2.05) is 60.7 Å². The Morgan fingerprint density at radius 3 is 1.39 bits per heavy atom. The highest BCUT2D eigenvalue weighted by molar-refractivity contribution is 5.45. The van der Waals surface area contributed by atoms with Crippen LogP contribution in [0.4, 0.5) is 11.4 Å². The van der Waals surface area contributed by atoms with Crippen LogP contribution in [0.25, 0.3) is 0 Å². The molecule has 2 aromatic rings. The molecule has 0 bridgehead atoms. The monoisotopic (exact) mass is 236 g/mol. The molecular weight excluding hydrogens is 220 g/mol. The standard InChI is InChI=1S/C16H16N2/c1-3-9-15(10-4-1)17-13-7-8-14-18-16-11-5-2-6-12-16/h1-6,9-12,17-18H,13-14H2. The minimum atomic E-state index is 0.667. The van der Waals surface area contributed by atoms with Crippen molar-refractivity contribution in [1.29, 1.82) is 0 Å². The first kappa shape index (κ1) is 12.1. The van der Waals surface area contributed by atoms with E-state index in [4.69, 9.17) is 0 Å². The molecule has 0 saturated carbocycles. The molecule has 2 heteroatoms. The van der Waals surface area contributed by atoms with Gasteiger partial charge in [-0.25, -0.2) is 0 Å². The van der Waals surface area contributed by atoms with Crippen LogP contribution in [0.3, 0.4) is 0 Å². The third kappa shape index (κ3) is 4.23. The third-order valence-electron chi connectivity index (χ3n) is 2.43. The second kappa shape index (κ2) is 7.03. The average Bonchev–Trinajstić information content (AvgIpc) is 2.45. The molecule has 0 saturated heterocycles. The highest BCUT2D eigenvalue weighted by Crippen LogP contribution is 2.04. The van der Waals surface area contributed by atoms with E-state index in [1.165, 1.54) is 0 Å². The Hall–Kier alpha value is -2.40. The topological polar surface area (TPSA) is 24.1 Å². The van der Waals surface area contributed by atoms with Crippen molar-refractivity contribution in [2.75, 3.05) is 23.7 Å². The lowest BCUT2D eigenvalue weighted by atomic mass is 10.3. The Labute approximate surface area is 108 Å². The minimum Gasteiger partial charge on any atom is -0.374 e. The zero-order valence-corrected chi connectivity index (χ0v) is 10.2. The number of benzene rings is 2. The SMILES string of the molecule is C(#CCNc1ccccc1)CNc1ccccc1. The Morgan fingerprint density at radius 1 is 0.611 bits per heavy atom. The fraction of sp³-hybridized carbons (Fsp3) is 0.125. The van der Waals surface area contributed by atoms with Crippen molar-refractivity contribution < 1.29 is 0 Å². The third-order valence-corrected chi connectivity index (χ3v) is 2.43. The van der Waals surface area contributed by atoms with Gasteiger partial charge in [-0.2, -0.15) is 0 Å². The molecule has 0 atom stereocenters. The largest absolute Gasteiger partial charge is 0.374 e. The van der Waals surface area contributed by atoms with Crippen LogP contribution in [-0.4, -0.2) is 13.1 Å². The quantitative estimate of drug-likeness (QED) is 0.796. The summed E-state index contributed by atoms with van der Waals surface area (Å²) in [6.45, 7) is 1.33. The van der Waals surface area contributed by atoms with Gasteiger partial charge in [-0.1, -0.05) is 48.2 Å². The van der Waals surface area contributed by atoms with Gasteiger partial charge in [-0.15, -0.1) is 0 Å². The lowest BCUT2D eigenvalue weighted by molar-refractivity contribution is 1.35. The Balaban J connectivity index is 1.68. The summed E-state index contributed by atoms with van der Waals surface area (Å²) in [4.78, 5) is 0. The fourth-order valence-electron chi connectivity index (χ4n) is 1.53. The zero-order valence-electron chi connectivity index (χ0n) is 10.2. The van der Waals surface area contributed by atoms with Gasteiger partial charge in [0.05, 0.1) is 13.1 Å². The maximum atomic E-state index is 3.24. The van der Waals surface area contributed by atoms with E-state index in [1.54, 1.807) is 0 Å². The van der Waals surface area contributed by atoms with E-state index in [2.05, 4.69) is 22.5 Å². The normalized spacial score (nSPS) is 9.11. The second-order valence-corrected chi connectivity index (χ2v) is 3.79. The van der Waals surface area contributed by atoms with Crippen LogP contribution in [0.15, 0.2) is 60.7 Å². The molecule has 18 heavy (non-hydrogen) atoms. The molecule has 0 aliphatic rings. The van der Waals surface area contributed by atoms with Crippen LogP contribution >= 0.6 is 0 Å². The van der Waals surface area contributed by atoms with Crippen molar-refractivity contribution in [3.8, 4) is 11.8 Å². The van der Waals surface area contributed by atoms with Crippen LogP contribution in [0.2, 0.25) is 0 Å². The lowest BCUT2D eigenvalue weighted by Gasteiger charge is -2.01. The Bertz CT molecular complexity index is 462. The van der Waals surface area contributed by atoms with Crippen molar-refractivity contribution in [2.24, 2.45) is 0 Å². The van der Waals surface area contributed by atoms with E-state index in [9.17, 15) is 0 Å². The fourth-order valence-corrected chi connectivity index (χ4v) is 1.53. The summed E-state index contributed by atoms with van der Waals surface area (Å²) >= 11 is 0. The summed E-state index contributed by atoms with van der Waals surface area (Å²) < 4.78 is 0. The number of hydrogen-bond donors (Lipinski definition) is 2. The Morgan fingerprint density at radius 2 is 1.00 bits per heavy atom. The van der Waals surface area contributed by atoms with Crippen LogP contribution in [0.5, 0.6) is 0 Å². The minimum absolute atomic E-state index is 0.667. The predicted molar refractivity (Wildman–Crippen MR) is 77.6 cm³/mol. The number of rotatable bonds is 4. The molecule has 2 rings (SSSR count). The molecule has 0 radical (unpaired) electrons. The van der Waals surface area contributed by atoms with Crippen molar-refractivity contribution in [3.63, 3.8) is 0 Å². The summed E-state index contributed by atoms with van der Waals surface area (Å²) in [5.41, 5.74) is 2.20. The molecule has 0 aromatic heterocycles. The first-order valence-electron chi connectivity index (χ1n) is 5.99. The van der Waals surface area contributed by atoms with Gasteiger partial charge >= 0.3 is 0 Å². The number of hydrogen-bond acceptors (Lipinski definition) is 2. The van der Waals surface area contributed by atoms with E-state index in [-0.39, 0.29) is 0 Å². The maximum absolute atomic E-state index is 3.24. The van der Waals surface area contributed by atoms with Crippen LogP contribution in [0.1, 0.15) is 0 Å². The molecule has 2 aromatic carbocycles. The molecule has 90 valence electrons. The summed E-state index contributed by atoms with van der Waals surface area (Å²) in [5.74, 6) is 6.16. The summed E-state index contributed by atoms with van der Waals surface area (Å²) in [7, 11) is 0. The first-order valence-corrected chi connectivity index (χ1v) is 5.99. The molecule has 0 amide bonds. The van der Waals surface area contributed by atoms with Gasteiger partial charge in [0.2, 0.25) is 0 Å². The smallest absolute Gasteiger partial charge is 0.0766 e. The first-order chi connectivity index (χ1) is 8.95.